The van der Waals surface area contributed by atoms with Crippen molar-refractivity contribution in [3.8, 4) is 0 Å². The lowest BCUT2D eigenvalue weighted by molar-refractivity contribution is 0.122. The Bertz CT molecular complexity index is 91.6. The summed E-state index contributed by atoms with van der Waals surface area (Å²) in [6.07, 6.45) is 6.01. The second-order valence-electron chi connectivity index (χ2n) is 2.74. The molecule has 0 aliphatic heterocycles. The van der Waals surface area contributed by atoms with E-state index < -0.39 is 0 Å². The van der Waals surface area contributed by atoms with E-state index in [0.29, 0.717) is 6.42 Å². The first kappa shape index (κ1) is 10.7. The second kappa shape index (κ2) is 7.76. The van der Waals surface area contributed by atoms with Gasteiger partial charge in [0.15, 0.2) is 0 Å². The normalized spacial score (nSPS) is 12.9. The first-order valence-corrected chi connectivity index (χ1v) is 4.21. The summed E-state index contributed by atoms with van der Waals surface area (Å²) in [6, 6.07) is 0. The Balaban J connectivity index is 3.03. The van der Waals surface area contributed by atoms with E-state index >= 15 is 0 Å². The number of unbranched alkanes of at least 4 members (excludes halogenated alkanes) is 2. The Labute approximate surface area is 68.6 Å². The largest absolute Gasteiger partial charge is 0.396 e. The predicted molar refractivity (Wildman–Crippen MR) is 46.4 cm³/mol. The Kier molecular flexibility index (Phi) is 7.52. The maximum atomic E-state index is 9.16. The highest BCUT2D eigenvalue weighted by Gasteiger charge is 2.00. The van der Waals surface area contributed by atoms with Crippen LogP contribution in [0.3, 0.4) is 0 Å². The van der Waals surface area contributed by atoms with Gasteiger partial charge in [0, 0.05) is 6.61 Å². The zero-order valence-electron chi connectivity index (χ0n) is 7.00. The number of allylic oxidation sites excluding steroid dienone is 1. The van der Waals surface area contributed by atoms with Gasteiger partial charge < -0.3 is 10.2 Å². The van der Waals surface area contributed by atoms with Crippen LogP contribution in [-0.4, -0.2) is 22.9 Å². The third-order valence-corrected chi connectivity index (χ3v) is 1.66. The number of aliphatic hydroxyl groups is 2. The fourth-order valence-corrected chi connectivity index (χ4v) is 0.962. The van der Waals surface area contributed by atoms with Gasteiger partial charge in [-0.15, -0.1) is 6.58 Å². The van der Waals surface area contributed by atoms with Crippen molar-refractivity contribution < 1.29 is 10.2 Å². The van der Waals surface area contributed by atoms with E-state index in [1.54, 1.807) is 0 Å². The van der Waals surface area contributed by atoms with Gasteiger partial charge in [0.1, 0.15) is 0 Å². The molecule has 0 aromatic heterocycles. The minimum absolute atomic E-state index is 0.0859. The Morgan fingerprint density at radius 3 is 2.55 bits per heavy atom. The summed E-state index contributed by atoms with van der Waals surface area (Å²) in [5, 5.41) is 17.6. The fourth-order valence-electron chi connectivity index (χ4n) is 0.962. The van der Waals surface area contributed by atoms with Crippen molar-refractivity contribution in [2.45, 2.75) is 38.2 Å². The lowest BCUT2D eigenvalue weighted by Crippen LogP contribution is -2.07. The molecular weight excluding hydrogens is 140 g/mol. The van der Waals surface area contributed by atoms with Crippen LogP contribution in [0.1, 0.15) is 32.1 Å². The molecule has 1 atom stereocenters. The lowest BCUT2D eigenvalue weighted by Gasteiger charge is -2.06. The van der Waals surface area contributed by atoms with Crippen LogP contribution < -0.4 is 0 Å². The van der Waals surface area contributed by atoms with Crippen molar-refractivity contribution in [1.29, 1.82) is 0 Å². The molecule has 0 saturated heterocycles. The molecule has 0 aliphatic rings. The fraction of sp³-hybridized carbons (Fsp3) is 0.778. The summed E-state index contributed by atoms with van der Waals surface area (Å²) in [4.78, 5) is 0. The van der Waals surface area contributed by atoms with E-state index in [0.717, 1.165) is 25.7 Å². The molecule has 0 fully saturated rings. The van der Waals surface area contributed by atoms with Gasteiger partial charge in [-0.1, -0.05) is 12.5 Å². The Morgan fingerprint density at radius 1 is 1.27 bits per heavy atom. The summed E-state index contributed by atoms with van der Waals surface area (Å²) >= 11 is 0. The smallest absolute Gasteiger partial charge is 0.0562 e. The predicted octanol–water partition coefficient (Wildman–Crippen LogP) is 1.48. The average Bonchev–Trinajstić information content (AvgIpc) is 1.99. The molecule has 11 heavy (non-hydrogen) atoms. The first-order valence-electron chi connectivity index (χ1n) is 4.21. The van der Waals surface area contributed by atoms with Crippen molar-refractivity contribution in [3.63, 3.8) is 0 Å². The lowest BCUT2D eigenvalue weighted by atomic mass is 10.1. The average molecular weight is 158 g/mol. The van der Waals surface area contributed by atoms with E-state index in [2.05, 4.69) is 6.58 Å². The van der Waals surface area contributed by atoms with Crippen molar-refractivity contribution in [2.24, 2.45) is 0 Å². The van der Waals surface area contributed by atoms with Crippen molar-refractivity contribution in [2.75, 3.05) is 6.61 Å². The third-order valence-electron chi connectivity index (χ3n) is 1.66. The van der Waals surface area contributed by atoms with E-state index in [4.69, 9.17) is 10.2 Å². The zero-order chi connectivity index (χ0) is 8.53. The molecule has 0 aromatic rings. The van der Waals surface area contributed by atoms with Gasteiger partial charge >= 0.3 is 0 Å². The third kappa shape index (κ3) is 7.56. The van der Waals surface area contributed by atoms with Gasteiger partial charge in [-0.3, -0.25) is 0 Å². The molecule has 0 aromatic carbocycles. The van der Waals surface area contributed by atoms with Crippen molar-refractivity contribution in [3.05, 3.63) is 12.7 Å². The summed E-state index contributed by atoms with van der Waals surface area (Å²) in [6.45, 7) is 3.70. The maximum Gasteiger partial charge on any atom is 0.0562 e. The second-order valence-corrected chi connectivity index (χ2v) is 2.74. The van der Waals surface area contributed by atoms with Gasteiger partial charge in [0.05, 0.1) is 6.10 Å². The summed E-state index contributed by atoms with van der Waals surface area (Å²) in [5.74, 6) is 0. The minimum Gasteiger partial charge on any atom is -0.396 e. The van der Waals surface area contributed by atoms with Gasteiger partial charge in [-0.05, 0) is 25.7 Å². The van der Waals surface area contributed by atoms with Gasteiger partial charge in [0.25, 0.3) is 0 Å². The van der Waals surface area contributed by atoms with Gasteiger partial charge in [-0.25, -0.2) is 0 Å². The molecule has 2 nitrogen and oxygen atoms in total. The van der Waals surface area contributed by atoms with Crippen LogP contribution >= 0.6 is 0 Å². The summed E-state index contributed by atoms with van der Waals surface area (Å²) in [5.41, 5.74) is 0. The molecule has 1 unspecified atom stereocenters. The molecule has 0 radical (unpaired) electrons. The van der Waals surface area contributed by atoms with E-state index in [9.17, 15) is 0 Å². The van der Waals surface area contributed by atoms with E-state index in [-0.39, 0.29) is 12.7 Å². The van der Waals surface area contributed by atoms with Gasteiger partial charge in [-0.2, -0.15) is 0 Å². The molecule has 0 aliphatic carbocycles. The van der Waals surface area contributed by atoms with Crippen LogP contribution in [0.2, 0.25) is 0 Å². The highest BCUT2D eigenvalue weighted by molar-refractivity contribution is 4.66. The van der Waals surface area contributed by atoms with Crippen molar-refractivity contribution in [1.82, 2.24) is 0 Å². The highest BCUT2D eigenvalue weighted by atomic mass is 16.3. The van der Waals surface area contributed by atoms with Crippen LogP contribution in [-0.2, 0) is 0 Å². The first-order chi connectivity index (χ1) is 5.31. The van der Waals surface area contributed by atoms with Crippen LogP contribution in [0.25, 0.3) is 0 Å². The molecule has 2 N–H and O–H groups in total. The van der Waals surface area contributed by atoms with Crippen LogP contribution in [0.5, 0.6) is 0 Å². The minimum atomic E-state index is -0.315. The SMILES string of the molecule is C=CCCCCC(O)CCO. The molecule has 0 bridgehead atoms. The summed E-state index contributed by atoms with van der Waals surface area (Å²) < 4.78 is 0. The van der Waals surface area contributed by atoms with Gasteiger partial charge in [0.2, 0.25) is 0 Å². The molecule has 0 rings (SSSR count). The standard InChI is InChI=1S/C9H18O2/c1-2-3-4-5-6-9(11)7-8-10/h2,9-11H,1,3-8H2. The number of rotatable bonds is 7. The molecule has 66 valence electrons. The monoisotopic (exact) mass is 158 g/mol. The zero-order valence-corrected chi connectivity index (χ0v) is 7.00. The topological polar surface area (TPSA) is 40.5 Å². The van der Waals surface area contributed by atoms with Crippen LogP contribution in [0, 0.1) is 0 Å². The van der Waals surface area contributed by atoms with E-state index in [1.807, 2.05) is 6.08 Å². The number of aliphatic hydroxyl groups excluding tert-OH is 2. The molecular formula is C9H18O2. The molecule has 2 heteroatoms. The van der Waals surface area contributed by atoms with Crippen LogP contribution in [0.15, 0.2) is 12.7 Å². The number of hydrogen-bond donors (Lipinski definition) is 2. The molecule has 0 amide bonds. The molecule has 0 spiro atoms. The van der Waals surface area contributed by atoms with Crippen LogP contribution in [0.4, 0.5) is 0 Å². The Morgan fingerprint density at radius 2 is 2.00 bits per heavy atom. The molecule has 0 heterocycles. The quantitative estimate of drug-likeness (QED) is 0.435. The maximum absolute atomic E-state index is 9.16. The molecule has 0 saturated carbocycles. The van der Waals surface area contributed by atoms with Crippen molar-refractivity contribution >= 4 is 0 Å². The number of hydrogen-bond acceptors (Lipinski definition) is 2. The highest BCUT2D eigenvalue weighted by Crippen LogP contribution is 2.05. The summed E-state index contributed by atoms with van der Waals surface area (Å²) in [7, 11) is 0. The Hall–Kier alpha value is -0.340. The van der Waals surface area contributed by atoms with E-state index in [1.165, 1.54) is 0 Å².